The van der Waals surface area contributed by atoms with Crippen molar-refractivity contribution in [1.82, 2.24) is 0 Å². The number of aryl methyl sites for hydroxylation is 1. The fraction of sp³-hybridized carbons (Fsp3) is 0.429. The highest BCUT2D eigenvalue weighted by atomic mass is 35.5. The van der Waals surface area contributed by atoms with E-state index in [1.807, 2.05) is 6.07 Å². The summed E-state index contributed by atoms with van der Waals surface area (Å²) in [6.07, 6.45) is 0.745. The Hall–Kier alpha value is -1.55. The summed E-state index contributed by atoms with van der Waals surface area (Å²) in [5.41, 5.74) is 2.04. The van der Waals surface area contributed by atoms with Crippen molar-refractivity contribution >= 4 is 23.5 Å². The number of carbonyl (C=O) groups excluding carboxylic acids is 2. The molecule has 1 aromatic carbocycles. The Morgan fingerprint density at radius 1 is 1.32 bits per heavy atom. The molecule has 19 heavy (non-hydrogen) atoms. The topological polar surface area (TPSA) is 52.6 Å². The lowest BCUT2D eigenvalue weighted by Gasteiger charge is -2.11. The van der Waals surface area contributed by atoms with Crippen LogP contribution in [0.2, 0.25) is 0 Å². The molecule has 0 heterocycles. The zero-order chi connectivity index (χ0) is 14.3. The summed E-state index contributed by atoms with van der Waals surface area (Å²) in [5.74, 6) is -0.481. The number of ether oxygens (including phenoxy) is 2. The Balaban J connectivity index is 2.96. The van der Waals surface area contributed by atoms with Crippen molar-refractivity contribution in [3.8, 4) is 0 Å². The minimum Gasteiger partial charge on any atom is -0.469 e. The molecule has 4 nitrogen and oxygen atoms in total. The summed E-state index contributed by atoms with van der Waals surface area (Å²) in [6, 6.07) is 5.29. The molecule has 0 amide bonds. The van der Waals surface area contributed by atoms with Crippen molar-refractivity contribution in [3.05, 3.63) is 34.9 Å². The third-order valence-electron chi connectivity index (χ3n) is 2.73. The molecule has 0 aliphatic rings. The van der Waals surface area contributed by atoms with Crippen LogP contribution in [0.15, 0.2) is 18.2 Å². The lowest BCUT2D eigenvalue weighted by molar-refractivity contribution is -0.140. The second-order valence-electron chi connectivity index (χ2n) is 3.87. The van der Waals surface area contributed by atoms with Crippen LogP contribution in [-0.4, -0.2) is 25.7 Å². The fourth-order valence-electron chi connectivity index (χ4n) is 1.77. The molecule has 0 radical (unpaired) electrons. The van der Waals surface area contributed by atoms with E-state index in [2.05, 4.69) is 4.74 Å². The number of benzene rings is 1. The third kappa shape index (κ3) is 4.24. The standard InChI is InChI=1S/C14H17ClO4/c1-3-19-14(17)11-6-4-5-10(12(11)9-15)7-8-13(16)18-2/h4-6H,3,7-9H2,1-2H3. The molecule has 0 N–H and O–H groups in total. The highest BCUT2D eigenvalue weighted by Crippen LogP contribution is 2.20. The first-order valence-electron chi connectivity index (χ1n) is 6.04. The summed E-state index contributed by atoms with van der Waals surface area (Å²) >= 11 is 5.91. The van der Waals surface area contributed by atoms with Crippen LogP contribution in [0.3, 0.4) is 0 Å². The Morgan fingerprint density at radius 2 is 2.05 bits per heavy atom. The van der Waals surface area contributed by atoms with Crippen LogP contribution < -0.4 is 0 Å². The van der Waals surface area contributed by atoms with Gasteiger partial charge in [-0.25, -0.2) is 4.79 Å². The lowest BCUT2D eigenvalue weighted by atomic mass is 9.99. The number of rotatable bonds is 6. The molecule has 5 heteroatoms. The average Bonchev–Trinajstić information content (AvgIpc) is 2.44. The van der Waals surface area contributed by atoms with E-state index in [0.717, 1.165) is 5.56 Å². The molecule has 0 unspecified atom stereocenters. The lowest BCUT2D eigenvalue weighted by Crippen LogP contribution is -2.10. The molecule has 1 aromatic rings. The van der Waals surface area contributed by atoms with Crippen LogP contribution in [0.25, 0.3) is 0 Å². The number of halogens is 1. The molecule has 0 spiro atoms. The molecule has 0 bridgehead atoms. The zero-order valence-corrected chi connectivity index (χ0v) is 11.8. The molecule has 0 saturated carbocycles. The number of hydrogen-bond acceptors (Lipinski definition) is 4. The van der Waals surface area contributed by atoms with Crippen LogP contribution in [0, 0.1) is 0 Å². The van der Waals surface area contributed by atoms with Crippen molar-refractivity contribution in [2.45, 2.75) is 25.6 Å². The second-order valence-corrected chi connectivity index (χ2v) is 4.14. The number of hydrogen-bond donors (Lipinski definition) is 0. The van der Waals surface area contributed by atoms with Crippen molar-refractivity contribution in [2.24, 2.45) is 0 Å². The predicted octanol–water partition coefficient (Wildman–Crippen LogP) is 2.71. The van der Waals surface area contributed by atoms with Gasteiger partial charge in [-0.1, -0.05) is 12.1 Å². The van der Waals surface area contributed by atoms with E-state index < -0.39 is 5.97 Å². The van der Waals surface area contributed by atoms with E-state index in [4.69, 9.17) is 16.3 Å². The van der Waals surface area contributed by atoms with E-state index in [0.29, 0.717) is 24.2 Å². The molecule has 0 aliphatic heterocycles. The third-order valence-corrected chi connectivity index (χ3v) is 3.00. The normalized spacial score (nSPS) is 10.1. The van der Waals surface area contributed by atoms with E-state index in [9.17, 15) is 9.59 Å². The number of esters is 2. The van der Waals surface area contributed by atoms with Crippen LogP contribution in [0.5, 0.6) is 0 Å². The maximum atomic E-state index is 11.8. The Bertz CT molecular complexity index is 457. The van der Waals surface area contributed by atoms with Crippen molar-refractivity contribution in [1.29, 1.82) is 0 Å². The van der Waals surface area contributed by atoms with Gasteiger partial charge in [-0.15, -0.1) is 11.6 Å². The predicted molar refractivity (Wildman–Crippen MR) is 72.3 cm³/mol. The number of carbonyl (C=O) groups is 2. The summed E-state index contributed by atoms with van der Waals surface area (Å²) in [5, 5.41) is 0. The minimum atomic E-state index is -0.391. The van der Waals surface area contributed by atoms with Crippen LogP contribution >= 0.6 is 11.6 Å². The van der Waals surface area contributed by atoms with Gasteiger partial charge >= 0.3 is 11.9 Å². The van der Waals surface area contributed by atoms with Gasteiger partial charge in [-0.05, 0) is 30.5 Å². The van der Waals surface area contributed by atoms with E-state index in [1.54, 1.807) is 19.1 Å². The van der Waals surface area contributed by atoms with Crippen molar-refractivity contribution in [3.63, 3.8) is 0 Å². The second kappa shape index (κ2) is 7.79. The average molecular weight is 285 g/mol. The quantitative estimate of drug-likeness (QED) is 0.595. The van der Waals surface area contributed by atoms with Crippen molar-refractivity contribution in [2.75, 3.05) is 13.7 Å². The van der Waals surface area contributed by atoms with Gasteiger partial charge in [0, 0.05) is 12.3 Å². The smallest absolute Gasteiger partial charge is 0.338 e. The van der Waals surface area contributed by atoms with Gasteiger partial charge in [-0.3, -0.25) is 4.79 Å². The number of alkyl halides is 1. The summed E-state index contributed by atoms with van der Waals surface area (Å²) in [7, 11) is 1.35. The summed E-state index contributed by atoms with van der Waals surface area (Å²) in [4.78, 5) is 23.0. The maximum absolute atomic E-state index is 11.8. The first-order chi connectivity index (χ1) is 9.13. The van der Waals surface area contributed by atoms with Crippen LogP contribution in [0.4, 0.5) is 0 Å². The molecule has 0 saturated heterocycles. The SMILES string of the molecule is CCOC(=O)c1cccc(CCC(=O)OC)c1CCl. The zero-order valence-electron chi connectivity index (χ0n) is 11.1. The largest absolute Gasteiger partial charge is 0.469 e. The van der Waals surface area contributed by atoms with E-state index in [-0.39, 0.29) is 18.3 Å². The molecule has 104 valence electrons. The number of methoxy groups -OCH3 is 1. The van der Waals surface area contributed by atoms with Gasteiger partial charge < -0.3 is 9.47 Å². The Labute approximate surface area is 117 Å². The fourth-order valence-corrected chi connectivity index (χ4v) is 2.08. The summed E-state index contributed by atoms with van der Waals surface area (Å²) < 4.78 is 9.58. The van der Waals surface area contributed by atoms with Gasteiger partial charge in [-0.2, -0.15) is 0 Å². The molecule has 1 rings (SSSR count). The molecule has 0 atom stereocenters. The van der Waals surface area contributed by atoms with Crippen molar-refractivity contribution < 1.29 is 19.1 Å². The molecular weight excluding hydrogens is 268 g/mol. The molecular formula is C14H17ClO4. The molecule has 0 aromatic heterocycles. The van der Waals surface area contributed by atoms with Gasteiger partial charge in [0.1, 0.15) is 0 Å². The first kappa shape index (κ1) is 15.5. The molecule has 0 fully saturated rings. The highest BCUT2D eigenvalue weighted by Gasteiger charge is 2.15. The summed E-state index contributed by atoms with van der Waals surface area (Å²) in [6.45, 7) is 2.06. The Kier molecular flexibility index (Phi) is 6.36. The van der Waals surface area contributed by atoms with Gasteiger partial charge in [0.25, 0.3) is 0 Å². The van der Waals surface area contributed by atoms with E-state index >= 15 is 0 Å². The first-order valence-corrected chi connectivity index (χ1v) is 6.58. The highest BCUT2D eigenvalue weighted by molar-refractivity contribution is 6.17. The minimum absolute atomic E-state index is 0.200. The molecule has 0 aliphatic carbocycles. The van der Waals surface area contributed by atoms with Crippen LogP contribution in [0.1, 0.15) is 34.8 Å². The van der Waals surface area contributed by atoms with Gasteiger partial charge in [0.15, 0.2) is 0 Å². The van der Waals surface area contributed by atoms with Crippen LogP contribution in [-0.2, 0) is 26.6 Å². The Morgan fingerprint density at radius 3 is 2.63 bits per heavy atom. The van der Waals surface area contributed by atoms with E-state index in [1.165, 1.54) is 7.11 Å². The maximum Gasteiger partial charge on any atom is 0.338 e. The monoisotopic (exact) mass is 284 g/mol. The van der Waals surface area contributed by atoms with Gasteiger partial charge in [0.05, 0.1) is 19.3 Å². The van der Waals surface area contributed by atoms with Gasteiger partial charge in [0.2, 0.25) is 0 Å².